The lowest BCUT2D eigenvalue weighted by Gasteiger charge is -2.27. The van der Waals surface area contributed by atoms with Crippen molar-refractivity contribution in [2.45, 2.75) is 32.3 Å². The molecule has 1 aliphatic heterocycles. The molecule has 0 bridgehead atoms. The Labute approximate surface area is 170 Å². The molecule has 2 aromatic rings. The van der Waals surface area contributed by atoms with Crippen LogP contribution < -0.4 is 9.64 Å². The van der Waals surface area contributed by atoms with E-state index in [0.29, 0.717) is 13.0 Å². The van der Waals surface area contributed by atoms with Crippen molar-refractivity contribution >= 4 is 17.4 Å². The maximum absolute atomic E-state index is 11.4. The molecule has 0 unspecified atom stereocenters. The van der Waals surface area contributed by atoms with E-state index in [0.717, 1.165) is 47.7 Å². The lowest BCUT2D eigenvalue weighted by molar-refractivity contribution is -0.427. The number of hydrogen-bond donors (Lipinski definition) is 0. The van der Waals surface area contributed by atoms with Crippen molar-refractivity contribution in [3.63, 3.8) is 0 Å². The fourth-order valence-corrected chi connectivity index (χ4v) is 3.80. The van der Waals surface area contributed by atoms with Gasteiger partial charge in [0.15, 0.2) is 0 Å². The lowest BCUT2D eigenvalue weighted by Crippen LogP contribution is -2.25. The van der Waals surface area contributed by atoms with Crippen LogP contribution in [0.4, 0.5) is 5.69 Å². The number of hydrogen-bond acceptors (Lipinski definition) is 5. The Kier molecular flexibility index (Phi) is 7.37. The SMILES string of the molecule is CSCCCCCN1C=C([N+](=O)[O-])Cc2cc(OCc3ccccc3)ccc21. The molecule has 3 rings (SSSR count). The largest absolute Gasteiger partial charge is 0.489 e. The summed E-state index contributed by atoms with van der Waals surface area (Å²) in [6.45, 7) is 1.28. The number of fused-ring (bicyclic) bond motifs is 1. The van der Waals surface area contributed by atoms with E-state index in [9.17, 15) is 10.1 Å². The number of rotatable bonds is 10. The molecule has 5 nitrogen and oxygen atoms in total. The van der Waals surface area contributed by atoms with E-state index in [-0.39, 0.29) is 10.6 Å². The van der Waals surface area contributed by atoms with Gasteiger partial charge in [-0.1, -0.05) is 36.8 Å². The Morgan fingerprint density at radius 2 is 1.96 bits per heavy atom. The molecule has 148 valence electrons. The molecular formula is C22H26N2O3S. The van der Waals surface area contributed by atoms with E-state index in [1.807, 2.05) is 65.2 Å². The van der Waals surface area contributed by atoms with E-state index >= 15 is 0 Å². The first-order chi connectivity index (χ1) is 13.7. The van der Waals surface area contributed by atoms with E-state index in [1.54, 1.807) is 6.20 Å². The van der Waals surface area contributed by atoms with Crippen LogP contribution in [0.5, 0.6) is 5.75 Å². The average Bonchev–Trinajstić information content (AvgIpc) is 2.72. The minimum absolute atomic E-state index is 0.233. The second kappa shape index (κ2) is 10.2. The van der Waals surface area contributed by atoms with Gasteiger partial charge in [-0.3, -0.25) is 10.1 Å². The second-order valence-electron chi connectivity index (χ2n) is 6.87. The van der Waals surface area contributed by atoms with Crippen LogP contribution in [0.15, 0.2) is 60.4 Å². The lowest BCUT2D eigenvalue weighted by atomic mass is 10.0. The number of thioether (sulfide) groups is 1. The molecule has 0 aliphatic carbocycles. The van der Waals surface area contributed by atoms with Gasteiger partial charge in [0.1, 0.15) is 12.4 Å². The standard InChI is InChI=1S/C22H26N2O3S/c1-28-13-7-3-6-12-23-16-20(24(25)26)14-19-15-21(10-11-22(19)23)27-17-18-8-4-2-5-9-18/h2,4-5,8-11,15-16H,3,6-7,12-14,17H2,1H3. The summed E-state index contributed by atoms with van der Waals surface area (Å²) in [7, 11) is 0. The summed E-state index contributed by atoms with van der Waals surface area (Å²) >= 11 is 1.86. The van der Waals surface area contributed by atoms with Crippen molar-refractivity contribution in [2.24, 2.45) is 0 Å². The van der Waals surface area contributed by atoms with E-state index in [1.165, 1.54) is 6.42 Å². The topological polar surface area (TPSA) is 55.6 Å². The molecule has 0 fully saturated rings. The molecule has 28 heavy (non-hydrogen) atoms. The minimum Gasteiger partial charge on any atom is -0.489 e. The zero-order valence-electron chi connectivity index (χ0n) is 16.2. The number of anilines is 1. The minimum atomic E-state index is -0.277. The summed E-state index contributed by atoms with van der Waals surface area (Å²) in [5, 5.41) is 11.4. The predicted molar refractivity (Wildman–Crippen MR) is 116 cm³/mol. The van der Waals surface area contributed by atoms with Crippen LogP contribution in [0.2, 0.25) is 0 Å². The van der Waals surface area contributed by atoms with Crippen molar-refractivity contribution < 1.29 is 9.66 Å². The molecule has 0 amide bonds. The first-order valence-corrected chi connectivity index (χ1v) is 11.0. The highest BCUT2D eigenvalue weighted by molar-refractivity contribution is 7.98. The second-order valence-corrected chi connectivity index (χ2v) is 7.85. The number of nitro groups is 1. The molecule has 1 aliphatic rings. The number of unbranched alkanes of at least 4 members (excludes halogenated alkanes) is 2. The number of ether oxygens (including phenoxy) is 1. The van der Waals surface area contributed by atoms with Gasteiger partial charge in [-0.15, -0.1) is 0 Å². The molecule has 0 saturated heterocycles. The van der Waals surface area contributed by atoms with Crippen LogP contribution in [0.25, 0.3) is 0 Å². The van der Waals surface area contributed by atoms with Crippen LogP contribution in [0.3, 0.4) is 0 Å². The van der Waals surface area contributed by atoms with E-state index in [2.05, 4.69) is 6.26 Å². The number of allylic oxidation sites excluding steroid dienone is 1. The van der Waals surface area contributed by atoms with Crippen molar-refractivity contribution in [1.82, 2.24) is 0 Å². The highest BCUT2D eigenvalue weighted by Gasteiger charge is 2.24. The van der Waals surface area contributed by atoms with Gasteiger partial charge >= 0.3 is 0 Å². The fraction of sp³-hybridized carbons (Fsp3) is 0.364. The molecule has 0 spiro atoms. The van der Waals surface area contributed by atoms with Crippen LogP contribution in [0.1, 0.15) is 30.4 Å². The van der Waals surface area contributed by atoms with Gasteiger partial charge in [0.2, 0.25) is 0 Å². The maximum Gasteiger partial charge on any atom is 0.266 e. The summed E-state index contributed by atoms with van der Waals surface area (Å²) in [6, 6.07) is 15.9. The van der Waals surface area contributed by atoms with Crippen molar-refractivity contribution in [3.8, 4) is 5.75 Å². The predicted octanol–water partition coefficient (Wildman–Crippen LogP) is 5.28. The molecule has 0 atom stereocenters. The molecule has 2 aromatic carbocycles. The molecule has 1 heterocycles. The van der Waals surface area contributed by atoms with Gasteiger partial charge in [-0.2, -0.15) is 11.8 Å². The summed E-state index contributed by atoms with van der Waals surface area (Å²) < 4.78 is 5.90. The van der Waals surface area contributed by atoms with Gasteiger partial charge < -0.3 is 9.64 Å². The molecule has 6 heteroatoms. The van der Waals surface area contributed by atoms with Crippen molar-refractivity contribution in [1.29, 1.82) is 0 Å². The Morgan fingerprint density at radius 1 is 1.14 bits per heavy atom. The normalized spacial score (nSPS) is 13.0. The third kappa shape index (κ3) is 5.52. The smallest absolute Gasteiger partial charge is 0.266 e. The van der Waals surface area contributed by atoms with Crippen molar-refractivity contribution in [3.05, 3.63) is 81.7 Å². The van der Waals surface area contributed by atoms with Gasteiger partial charge in [0.25, 0.3) is 5.70 Å². The average molecular weight is 399 g/mol. The zero-order chi connectivity index (χ0) is 19.8. The van der Waals surface area contributed by atoms with E-state index < -0.39 is 0 Å². The molecule has 0 radical (unpaired) electrons. The fourth-order valence-electron chi connectivity index (χ4n) is 3.31. The van der Waals surface area contributed by atoms with E-state index in [4.69, 9.17) is 4.74 Å². The molecule has 0 saturated carbocycles. The van der Waals surface area contributed by atoms with Crippen LogP contribution in [-0.4, -0.2) is 23.5 Å². The number of benzene rings is 2. The Hall–Kier alpha value is -2.47. The van der Waals surface area contributed by atoms with Gasteiger partial charge in [-0.05, 0) is 54.2 Å². The quantitative estimate of drug-likeness (QED) is 0.310. The molecule has 0 aromatic heterocycles. The van der Waals surface area contributed by atoms with Crippen LogP contribution in [-0.2, 0) is 13.0 Å². The third-order valence-corrected chi connectivity index (χ3v) is 5.46. The first kappa shape index (κ1) is 20.3. The Bertz CT molecular complexity index is 824. The van der Waals surface area contributed by atoms with Gasteiger partial charge in [0, 0.05) is 12.2 Å². The molecular weight excluding hydrogens is 372 g/mol. The summed E-state index contributed by atoms with van der Waals surface area (Å²) in [5.41, 5.74) is 3.32. The van der Waals surface area contributed by atoms with Crippen LogP contribution in [0, 0.1) is 10.1 Å². The summed E-state index contributed by atoms with van der Waals surface area (Å²) in [6.07, 6.45) is 7.47. The highest BCUT2D eigenvalue weighted by atomic mass is 32.2. The Morgan fingerprint density at radius 3 is 2.71 bits per heavy atom. The first-order valence-electron chi connectivity index (χ1n) is 9.57. The number of nitrogens with zero attached hydrogens (tertiary/aromatic N) is 2. The monoisotopic (exact) mass is 398 g/mol. The summed E-state index contributed by atoms with van der Waals surface area (Å²) in [5.74, 6) is 1.90. The Balaban J connectivity index is 1.69. The zero-order valence-corrected chi connectivity index (χ0v) is 17.0. The highest BCUT2D eigenvalue weighted by Crippen LogP contribution is 2.32. The maximum atomic E-state index is 11.4. The molecule has 0 N–H and O–H groups in total. The van der Waals surface area contributed by atoms with Gasteiger partial charge in [0.05, 0.1) is 17.5 Å². The van der Waals surface area contributed by atoms with Gasteiger partial charge in [-0.25, -0.2) is 0 Å². The van der Waals surface area contributed by atoms with Crippen molar-refractivity contribution in [2.75, 3.05) is 23.5 Å². The summed E-state index contributed by atoms with van der Waals surface area (Å²) in [4.78, 5) is 13.1. The third-order valence-electron chi connectivity index (χ3n) is 4.77. The van der Waals surface area contributed by atoms with Crippen LogP contribution >= 0.6 is 11.8 Å².